The van der Waals surface area contributed by atoms with E-state index >= 15 is 0 Å². The number of hydrogen-bond donors (Lipinski definition) is 1. The van der Waals surface area contributed by atoms with Crippen LogP contribution in [0.4, 0.5) is 25.2 Å². The van der Waals surface area contributed by atoms with Gasteiger partial charge in [-0.15, -0.1) is 0 Å². The number of aryl methyl sites for hydroxylation is 1. The number of hydrogen-bond acceptors (Lipinski definition) is 5. The SMILES string of the molecule is Cc1nc(NC(C)c2cccc3c2CCC3(F)F)c2c(n1)N(C)C(=O)N(C1CCOCC1)C2. The van der Waals surface area contributed by atoms with Gasteiger partial charge in [0.05, 0.1) is 18.2 Å². The molecular formula is C24H29F2N5O2. The zero-order chi connectivity index (χ0) is 23.3. The third-order valence-corrected chi connectivity index (χ3v) is 7.02. The molecule has 7 nitrogen and oxygen atoms in total. The normalized spacial score (nSPS) is 21.1. The van der Waals surface area contributed by atoms with Gasteiger partial charge in [0.1, 0.15) is 17.5 Å². The molecule has 0 bridgehead atoms. The van der Waals surface area contributed by atoms with Crippen molar-refractivity contribution in [3.8, 4) is 0 Å². The lowest BCUT2D eigenvalue weighted by Crippen LogP contribution is -2.52. The molecule has 0 radical (unpaired) electrons. The molecule has 176 valence electrons. The summed E-state index contributed by atoms with van der Waals surface area (Å²) in [6, 6.07) is 4.93. The molecule has 1 saturated heterocycles. The number of benzene rings is 1. The van der Waals surface area contributed by atoms with E-state index in [9.17, 15) is 13.6 Å². The number of halogens is 2. The highest BCUT2D eigenvalue weighted by molar-refractivity contribution is 5.94. The first-order valence-electron chi connectivity index (χ1n) is 11.5. The molecule has 1 atom stereocenters. The third-order valence-electron chi connectivity index (χ3n) is 7.02. The predicted molar refractivity (Wildman–Crippen MR) is 121 cm³/mol. The molecule has 1 N–H and O–H groups in total. The Labute approximate surface area is 192 Å². The largest absolute Gasteiger partial charge is 0.381 e. The fraction of sp³-hybridized carbons (Fsp3) is 0.542. The first kappa shape index (κ1) is 22.0. The number of carbonyl (C=O) groups excluding carboxylic acids is 1. The van der Waals surface area contributed by atoms with Gasteiger partial charge in [0.15, 0.2) is 0 Å². The van der Waals surface area contributed by atoms with Crippen molar-refractivity contribution in [3.05, 3.63) is 46.3 Å². The van der Waals surface area contributed by atoms with E-state index in [-0.39, 0.29) is 30.1 Å². The standard InChI is InChI=1S/C24H29F2N5O2/c1-14(17-5-4-6-20-18(17)7-10-24(20,25)26)27-21-19-13-31(16-8-11-33-12-9-16)23(32)30(3)22(19)29-15(2)28-21/h4-6,14,16H,7-13H2,1-3H3,(H,27,28,29). The van der Waals surface area contributed by atoms with Crippen LogP contribution in [0.25, 0.3) is 0 Å². The molecule has 2 amide bonds. The number of carbonyl (C=O) groups is 1. The van der Waals surface area contributed by atoms with E-state index in [1.807, 2.05) is 17.9 Å². The van der Waals surface area contributed by atoms with Crippen molar-refractivity contribution in [3.63, 3.8) is 0 Å². The molecule has 33 heavy (non-hydrogen) atoms. The van der Waals surface area contributed by atoms with Crippen LogP contribution in [-0.2, 0) is 23.6 Å². The molecule has 9 heteroatoms. The molecule has 2 aromatic rings. The van der Waals surface area contributed by atoms with Crippen molar-refractivity contribution in [2.45, 2.75) is 64.1 Å². The highest BCUT2D eigenvalue weighted by atomic mass is 19.3. The Balaban J connectivity index is 1.48. The molecular weight excluding hydrogens is 428 g/mol. The van der Waals surface area contributed by atoms with E-state index in [4.69, 9.17) is 4.74 Å². The number of anilines is 2. The molecule has 5 rings (SSSR count). The van der Waals surface area contributed by atoms with Gasteiger partial charge in [-0.1, -0.05) is 18.2 Å². The number of aromatic nitrogens is 2. The third kappa shape index (κ3) is 3.82. The number of fused-ring (bicyclic) bond motifs is 2. The lowest BCUT2D eigenvalue weighted by Gasteiger charge is -2.41. The summed E-state index contributed by atoms with van der Waals surface area (Å²) in [6.07, 6.45) is 1.80. The second kappa shape index (κ2) is 8.20. The lowest BCUT2D eigenvalue weighted by molar-refractivity contribution is -0.00185. The van der Waals surface area contributed by atoms with E-state index < -0.39 is 5.92 Å². The predicted octanol–water partition coefficient (Wildman–Crippen LogP) is 4.55. The van der Waals surface area contributed by atoms with Crippen LogP contribution < -0.4 is 10.2 Å². The molecule has 3 heterocycles. The van der Waals surface area contributed by atoms with E-state index in [0.29, 0.717) is 43.6 Å². The van der Waals surface area contributed by atoms with Gasteiger partial charge < -0.3 is 15.0 Å². The van der Waals surface area contributed by atoms with Crippen LogP contribution in [0.5, 0.6) is 0 Å². The molecule has 1 aliphatic carbocycles. The summed E-state index contributed by atoms with van der Waals surface area (Å²) < 4.78 is 34.1. The van der Waals surface area contributed by atoms with Crippen molar-refractivity contribution in [1.29, 1.82) is 0 Å². The van der Waals surface area contributed by atoms with Gasteiger partial charge in [0.2, 0.25) is 0 Å². The van der Waals surface area contributed by atoms with Crippen molar-refractivity contribution in [2.75, 3.05) is 30.5 Å². The molecule has 1 fully saturated rings. The summed E-state index contributed by atoms with van der Waals surface area (Å²) >= 11 is 0. The van der Waals surface area contributed by atoms with E-state index in [1.165, 1.54) is 6.07 Å². The van der Waals surface area contributed by atoms with Gasteiger partial charge in [-0.3, -0.25) is 4.90 Å². The molecule has 1 aromatic carbocycles. The van der Waals surface area contributed by atoms with Crippen LogP contribution >= 0.6 is 0 Å². The number of ether oxygens (including phenoxy) is 1. The van der Waals surface area contributed by atoms with E-state index in [0.717, 1.165) is 29.5 Å². The first-order chi connectivity index (χ1) is 15.8. The average molecular weight is 458 g/mol. The van der Waals surface area contributed by atoms with Gasteiger partial charge in [0.25, 0.3) is 5.92 Å². The van der Waals surface area contributed by atoms with E-state index in [1.54, 1.807) is 24.9 Å². The molecule has 1 unspecified atom stereocenters. The highest BCUT2D eigenvalue weighted by Gasteiger charge is 2.41. The summed E-state index contributed by atoms with van der Waals surface area (Å²) in [5.74, 6) is -0.991. The number of nitrogens with one attached hydrogen (secondary N) is 1. The lowest BCUT2D eigenvalue weighted by atomic mass is 9.97. The molecule has 1 aromatic heterocycles. The van der Waals surface area contributed by atoms with Crippen LogP contribution in [0.2, 0.25) is 0 Å². The number of alkyl halides is 2. The molecule has 2 aliphatic heterocycles. The fourth-order valence-corrected chi connectivity index (χ4v) is 5.26. The van der Waals surface area contributed by atoms with Crippen molar-refractivity contribution >= 4 is 17.7 Å². The second-order valence-corrected chi connectivity index (χ2v) is 9.18. The van der Waals surface area contributed by atoms with Crippen molar-refractivity contribution in [2.24, 2.45) is 0 Å². The Morgan fingerprint density at radius 3 is 2.73 bits per heavy atom. The number of rotatable bonds is 4. The maximum Gasteiger partial charge on any atom is 0.325 e. The van der Waals surface area contributed by atoms with Gasteiger partial charge in [-0.05, 0) is 44.2 Å². The molecule has 3 aliphatic rings. The minimum Gasteiger partial charge on any atom is -0.381 e. The van der Waals surface area contributed by atoms with Gasteiger partial charge >= 0.3 is 6.03 Å². The Morgan fingerprint density at radius 2 is 1.97 bits per heavy atom. The van der Waals surface area contributed by atoms with Gasteiger partial charge in [-0.25, -0.2) is 23.5 Å². The highest BCUT2D eigenvalue weighted by Crippen LogP contribution is 2.44. The summed E-state index contributed by atoms with van der Waals surface area (Å²) in [6.45, 7) is 5.44. The van der Waals surface area contributed by atoms with Crippen molar-refractivity contribution in [1.82, 2.24) is 14.9 Å². The fourth-order valence-electron chi connectivity index (χ4n) is 5.26. The van der Waals surface area contributed by atoms with Crippen LogP contribution in [0, 0.1) is 6.92 Å². The maximum atomic E-state index is 14.3. The van der Waals surface area contributed by atoms with E-state index in [2.05, 4.69) is 15.3 Å². The quantitative estimate of drug-likeness (QED) is 0.730. The Morgan fingerprint density at radius 1 is 1.21 bits per heavy atom. The Bertz CT molecular complexity index is 1090. The number of nitrogens with zero attached hydrogens (tertiary/aromatic N) is 4. The topological polar surface area (TPSA) is 70.6 Å². The van der Waals surface area contributed by atoms with Crippen LogP contribution in [0.1, 0.15) is 60.3 Å². The van der Waals surface area contributed by atoms with Crippen LogP contribution in [0.3, 0.4) is 0 Å². The summed E-state index contributed by atoms with van der Waals surface area (Å²) in [4.78, 5) is 25.8. The maximum absolute atomic E-state index is 14.3. The number of urea groups is 1. The van der Waals surface area contributed by atoms with Gasteiger partial charge in [-0.2, -0.15) is 0 Å². The average Bonchev–Trinajstić information content (AvgIpc) is 3.12. The monoisotopic (exact) mass is 457 g/mol. The number of amides is 2. The Kier molecular flexibility index (Phi) is 5.47. The molecule has 0 saturated carbocycles. The zero-order valence-electron chi connectivity index (χ0n) is 19.2. The first-order valence-corrected chi connectivity index (χ1v) is 11.5. The second-order valence-electron chi connectivity index (χ2n) is 9.18. The minimum atomic E-state index is -2.77. The molecule has 0 spiro atoms. The summed E-state index contributed by atoms with van der Waals surface area (Å²) in [7, 11) is 1.73. The van der Waals surface area contributed by atoms with Gasteiger partial charge in [0, 0.05) is 38.3 Å². The van der Waals surface area contributed by atoms with Crippen LogP contribution in [0.15, 0.2) is 18.2 Å². The minimum absolute atomic E-state index is 0.0744. The smallest absolute Gasteiger partial charge is 0.325 e. The van der Waals surface area contributed by atoms with Crippen LogP contribution in [-0.4, -0.2) is 47.2 Å². The summed E-state index contributed by atoms with van der Waals surface area (Å²) in [5.41, 5.74) is 2.55. The van der Waals surface area contributed by atoms with Crippen molar-refractivity contribution < 1.29 is 18.3 Å². The Hall–Kier alpha value is -2.81. The summed E-state index contributed by atoms with van der Waals surface area (Å²) in [5, 5.41) is 3.46. The zero-order valence-corrected chi connectivity index (χ0v) is 19.2.